The van der Waals surface area contributed by atoms with Crippen molar-refractivity contribution in [3.63, 3.8) is 0 Å². The first kappa shape index (κ1) is 10.0. The number of rotatable bonds is 2. The summed E-state index contributed by atoms with van der Waals surface area (Å²) in [6, 6.07) is 0. The molecule has 0 aromatic carbocycles. The Balaban J connectivity index is 2.66. The molecule has 2 atom stereocenters. The summed E-state index contributed by atoms with van der Waals surface area (Å²) < 4.78 is 5.08. The van der Waals surface area contributed by atoms with E-state index < -0.39 is 5.60 Å². The fourth-order valence-electron chi connectivity index (χ4n) is 2.23. The molecule has 1 aliphatic rings. The molecule has 1 rings (SSSR count). The van der Waals surface area contributed by atoms with Gasteiger partial charge in [-0.05, 0) is 24.7 Å². The van der Waals surface area contributed by atoms with Crippen LogP contribution in [-0.4, -0.2) is 24.4 Å². The minimum atomic E-state index is -0.576. The van der Waals surface area contributed by atoms with Gasteiger partial charge in [-0.2, -0.15) is 0 Å². The predicted molar refractivity (Wildman–Crippen MR) is 49.0 cm³/mol. The molecule has 0 radical (unpaired) electrons. The normalized spacial score (nSPS) is 35.0. The number of ether oxygens (including phenoxy) is 1. The zero-order valence-electron chi connectivity index (χ0n) is 8.34. The molecular formula is C10H20O2. The summed E-state index contributed by atoms with van der Waals surface area (Å²) in [6.07, 6.45) is 3.50. The van der Waals surface area contributed by atoms with Crippen LogP contribution in [0.3, 0.4) is 0 Å². The van der Waals surface area contributed by atoms with E-state index in [9.17, 15) is 5.11 Å². The molecule has 1 fully saturated rings. The summed E-state index contributed by atoms with van der Waals surface area (Å²) in [5.41, 5.74) is -0.576. The van der Waals surface area contributed by atoms with Crippen LogP contribution in [0.4, 0.5) is 0 Å². The van der Waals surface area contributed by atoms with E-state index in [1.54, 1.807) is 7.11 Å². The van der Waals surface area contributed by atoms with E-state index in [2.05, 4.69) is 13.8 Å². The van der Waals surface area contributed by atoms with Crippen molar-refractivity contribution < 1.29 is 9.84 Å². The highest BCUT2D eigenvalue weighted by molar-refractivity contribution is 4.92. The van der Waals surface area contributed by atoms with Crippen molar-refractivity contribution in [1.29, 1.82) is 0 Å². The fraction of sp³-hybridized carbons (Fsp3) is 1.00. The van der Waals surface area contributed by atoms with Crippen molar-refractivity contribution in [3.05, 3.63) is 0 Å². The van der Waals surface area contributed by atoms with Crippen LogP contribution in [0.2, 0.25) is 0 Å². The van der Waals surface area contributed by atoms with E-state index in [0.717, 1.165) is 12.8 Å². The topological polar surface area (TPSA) is 29.5 Å². The highest BCUT2D eigenvalue weighted by Crippen LogP contribution is 2.37. The van der Waals surface area contributed by atoms with E-state index >= 15 is 0 Å². The highest BCUT2D eigenvalue weighted by atomic mass is 16.5. The lowest BCUT2D eigenvalue weighted by Crippen LogP contribution is -2.49. The van der Waals surface area contributed by atoms with Gasteiger partial charge in [-0.1, -0.05) is 20.3 Å². The molecule has 1 aliphatic carbocycles. The molecular weight excluding hydrogens is 152 g/mol. The van der Waals surface area contributed by atoms with Gasteiger partial charge in [0.05, 0.1) is 12.2 Å². The Morgan fingerprint density at radius 1 is 1.33 bits per heavy atom. The molecule has 0 aromatic rings. The first-order valence-corrected chi connectivity index (χ1v) is 4.82. The second kappa shape index (κ2) is 3.75. The molecule has 1 N–H and O–H groups in total. The van der Waals surface area contributed by atoms with Crippen LogP contribution < -0.4 is 0 Å². The lowest BCUT2D eigenvalue weighted by atomic mass is 9.70. The van der Waals surface area contributed by atoms with Gasteiger partial charge in [0, 0.05) is 7.11 Å². The fourth-order valence-corrected chi connectivity index (χ4v) is 2.23. The highest BCUT2D eigenvalue weighted by Gasteiger charge is 2.41. The third-order valence-corrected chi connectivity index (χ3v) is 3.36. The summed E-state index contributed by atoms with van der Waals surface area (Å²) in [5, 5.41) is 10.3. The average molecular weight is 172 g/mol. The van der Waals surface area contributed by atoms with Crippen molar-refractivity contribution >= 4 is 0 Å². The number of aliphatic hydroxyl groups is 1. The van der Waals surface area contributed by atoms with Crippen LogP contribution in [0.5, 0.6) is 0 Å². The molecule has 0 heterocycles. The molecule has 2 nitrogen and oxygen atoms in total. The van der Waals surface area contributed by atoms with Crippen molar-refractivity contribution in [3.8, 4) is 0 Å². The van der Waals surface area contributed by atoms with Gasteiger partial charge in [0.1, 0.15) is 0 Å². The van der Waals surface area contributed by atoms with E-state index in [1.165, 1.54) is 6.42 Å². The standard InChI is InChI=1S/C10H20O2/c1-8-5-4-6-9(2)10(8,11)7-12-3/h8-9,11H,4-7H2,1-3H3/t8-,9-/m1/s1. The smallest absolute Gasteiger partial charge is 0.0930 e. The Hall–Kier alpha value is -0.0800. The Morgan fingerprint density at radius 2 is 1.83 bits per heavy atom. The van der Waals surface area contributed by atoms with Crippen molar-refractivity contribution in [2.45, 2.75) is 38.7 Å². The van der Waals surface area contributed by atoms with Gasteiger partial charge in [-0.25, -0.2) is 0 Å². The summed E-state index contributed by atoms with van der Waals surface area (Å²) in [4.78, 5) is 0. The largest absolute Gasteiger partial charge is 0.387 e. The number of hydrogen-bond donors (Lipinski definition) is 1. The van der Waals surface area contributed by atoms with E-state index in [1.807, 2.05) is 0 Å². The summed E-state index contributed by atoms with van der Waals surface area (Å²) in [5.74, 6) is 0.752. The Morgan fingerprint density at radius 3 is 2.25 bits per heavy atom. The second-order valence-corrected chi connectivity index (χ2v) is 4.16. The molecule has 1 saturated carbocycles. The van der Waals surface area contributed by atoms with Crippen LogP contribution in [0.15, 0.2) is 0 Å². The zero-order valence-corrected chi connectivity index (χ0v) is 8.34. The van der Waals surface area contributed by atoms with Gasteiger partial charge in [0.15, 0.2) is 0 Å². The molecule has 72 valence electrons. The maximum absolute atomic E-state index is 10.3. The van der Waals surface area contributed by atoms with Crippen molar-refractivity contribution in [2.24, 2.45) is 11.8 Å². The Kier molecular flexibility index (Phi) is 3.13. The zero-order chi connectivity index (χ0) is 9.19. The minimum absolute atomic E-state index is 0.376. The number of methoxy groups -OCH3 is 1. The van der Waals surface area contributed by atoms with Gasteiger partial charge in [-0.15, -0.1) is 0 Å². The Bertz CT molecular complexity index is 135. The minimum Gasteiger partial charge on any atom is -0.387 e. The summed E-state index contributed by atoms with van der Waals surface area (Å²) >= 11 is 0. The first-order chi connectivity index (χ1) is 5.61. The summed E-state index contributed by atoms with van der Waals surface area (Å²) in [6.45, 7) is 4.72. The quantitative estimate of drug-likeness (QED) is 0.688. The lowest BCUT2D eigenvalue weighted by Gasteiger charge is -2.42. The monoisotopic (exact) mass is 172 g/mol. The van der Waals surface area contributed by atoms with Crippen LogP contribution >= 0.6 is 0 Å². The SMILES string of the molecule is COCC1(O)[C@H](C)CCC[C@H]1C. The van der Waals surface area contributed by atoms with Crippen LogP contribution in [0.1, 0.15) is 33.1 Å². The van der Waals surface area contributed by atoms with Crippen LogP contribution in [0.25, 0.3) is 0 Å². The van der Waals surface area contributed by atoms with Gasteiger partial charge in [0.25, 0.3) is 0 Å². The van der Waals surface area contributed by atoms with Crippen LogP contribution in [-0.2, 0) is 4.74 Å². The Labute approximate surface area is 74.9 Å². The second-order valence-electron chi connectivity index (χ2n) is 4.16. The maximum atomic E-state index is 10.3. The molecule has 0 bridgehead atoms. The first-order valence-electron chi connectivity index (χ1n) is 4.82. The molecule has 0 amide bonds. The molecule has 0 aliphatic heterocycles. The third kappa shape index (κ3) is 1.64. The number of hydrogen-bond acceptors (Lipinski definition) is 2. The van der Waals surface area contributed by atoms with Gasteiger partial charge < -0.3 is 9.84 Å². The van der Waals surface area contributed by atoms with Gasteiger partial charge in [0.2, 0.25) is 0 Å². The van der Waals surface area contributed by atoms with E-state index in [4.69, 9.17) is 4.74 Å². The molecule has 0 aromatic heterocycles. The lowest BCUT2D eigenvalue weighted by molar-refractivity contribution is -0.123. The third-order valence-electron chi connectivity index (χ3n) is 3.36. The molecule has 12 heavy (non-hydrogen) atoms. The summed E-state index contributed by atoms with van der Waals surface area (Å²) in [7, 11) is 1.66. The average Bonchev–Trinajstić information content (AvgIpc) is 2.02. The van der Waals surface area contributed by atoms with Crippen LogP contribution in [0, 0.1) is 11.8 Å². The van der Waals surface area contributed by atoms with Crippen molar-refractivity contribution in [2.75, 3.05) is 13.7 Å². The predicted octanol–water partition coefficient (Wildman–Crippen LogP) is 1.82. The molecule has 0 unspecified atom stereocenters. The van der Waals surface area contributed by atoms with Gasteiger partial charge >= 0.3 is 0 Å². The van der Waals surface area contributed by atoms with E-state index in [-0.39, 0.29) is 0 Å². The maximum Gasteiger partial charge on any atom is 0.0930 e. The molecule has 0 saturated heterocycles. The molecule has 0 spiro atoms. The van der Waals surface area contributed by atoms with Gasteiger partial charge in [-0.3, -0.25) is 0 Å². The van der Waals surface area contributed by atoms with Crippen molar-refractivity contribution in [1.82, 2.24) is 0 Å². The molecule has 2 heteroatoms. The van der Waals surface area contributed by atoms with E-state index in [0.29, 0.717) is 18.4 Å².